The molecular formula is C14H11ClFNO2. The van der Waals surface area contributed by atoms with Crippen LogP contribution >= 0.6 is 11.6 Å². The number of nitrogens with one attached hydrogen (secondary N) is 1. The quantitative estimate of drug-likeness (QED) is 0.884. The van der Waals surface area contributed by atoms with E-state index in [1.807, 2.05) is 6.92 Å². The van der Waals surface area contributed by atoms with Crippen LogP contribution in [0.2, 0.25) is 5.02 Å². The van der Waals surface area contributed by atoms with Crippen molar-refractivity contribution in [3.63, 3.8) is 0 Å². The molecule has 0 aliphatic heterocycles. The van der Waals surface area contributed by atoms with Crippen molar-refractivity contribution in [1.82, 2.24) is 0 Å². The highest BCUT2D eigenvalue weighted by Crippen LogP contribution is 2.25. The number of carboxylic acid groups (broad SMARTS) is 1. The van der Waals surface area contributed by atoms with Crippen molar-refractivity contribution in [2.75, 3.05) is 5.32 Å². The fraction of sp³-hybridized carbons (Fsp3) is 0.0714. The van der Waals surface area contributed by atoms with Crippen molar-refractivity contribution in [2.45, 2.75) is 6.92 Å². The summed E-state index contributed by atoms with van der Waals surface area (Å²) < 4.78 is 13.6. The van der Waals surface area contributed by atoms with E-state index >= 15 is 0 Å². The molecule has 0 heterocycles. The molecule has 2 N–H and O–H groups in total. The Morgan fingerprint density at radius 3 is 2.63 bits per heavy atom. The Labute approximate surface area is 114 Å². The summed E-state index contributed by atoms with van der Waals surface area (Å²) in [5.74, 6) is -1.63. The van der Waals surface area contributed by atoms with E-state index in [4.69, 9.17) is 16.7 Å². The zero-order valence-electron chi connectivity index (χ0n) is 10.1. The van der Waals surface area contributed by atoms with Gasteiger partial charge in [-0.05, 0) is 42.8 Å². The molecule has 0 bridgehead atoms. The SMILES string of the molecule is Cc1ccc(Nc2cc(C(=O)O)ccc2F)cc1Cl. The lowest BCUT2D eigenvalue weighted by Crippen LogP contribution is -2.00. The lowest BCUT2D eigenvalue weighted by atomic mass is 10.1. The molecule has 0 fully saturated rings. The fourth-order valence-electron chi connectivity index (χ4n) is 1.58. The first-order valence-corrected chi connectivity index (χ1v) is 5.91. The molecule has 0 aromatic heterocycles. The minimum atomic E-state index is -1.11. The van der Waals surface area contributed by atoms with E-state index in [2.05, 4.69) is 5.32 Å². The first kappa shape index (κ1) is 13.4. The number of carbonyl (C=O) groups is 1. The molecular weight excluding hydrogens is 269 g/mol. The van der Waals surface area contributed by atoms with Crippen LogP contribution in [0.25, 0.3) is 0 Å². The van der Waals surface area contributed by atoms with E-state index in [1.54, 1.807) is 18.2 Å². The van der Waals surface area contributed by atoms with E-state index in [1.165, 1.54) is 12.1 Å². The Bertz CT molecular complexity index is 643. The number of aryl methyl sites for hydroxylation is 1. The van der Waals surface area contributed by atoms with E-state index < -0.39 is 11.8 Å². The highest BCUT2D eigenvalue weighted by atomic mass is 35.5. The van der Waals surface area contributed by atoms with Gasteiger partial charge in [0.15, 0.2) is 0 Å². The molecule has 2 aromatic rings. The Morgan fingerprint density at radius 1 is 1.26 bits per heavy atom. The molecule has 5 heteroatoms. The van der Waals surface area contributed by atoms with Gasteiger partial charge < -0.3 is 10.4 Å². The highest BCUT2D eigenvalue weighted by molar-refractivity contribution is 6.31. The van der Waals surface area contributed by atoms with Crippen LogP contribution < -0.4 is 5.32 Å². The van der Waals surface area contributed by atoms with Crippen LogP contribution in [0.5, 0.6) is 0 Å². The van der Waals surface area contributed by atoms with Crippen molar-refractivity contribution < 1.29 is 14.3 Å². The fourth-order valence-corrected chi connectivity index (χ4v) is 1.76. The van der Waals surface area contributed by atoms with Crippen LogP contribution in [-0.4, -0.2) is 11.1 Å². The number of hydrogen-bond acceptors (Lipinski definition) is 2. The zero-order valence-corrected chi connectivity index (χ0v) is 10.8. The number of hydrogen-bond donors (Lipinski definition) is 2. The van der Waals surface area contributed by atoms with Gasteiger partial charge in [-0.3, -0.25) is 0 Å². The molecule has 19 heavy (non-hydrogen) atoms. The maximum Gasteiger partial charge on any atom is 0.335 e. The van der Waals surface area contributed by atoms with Crippen LogP contribution in [0.4, 0.5) is 15.8 Å². The van der Waals surface area contributed by atoms with Crippen LogP contribution in [0.3, 0.4) is 0 Å². The van der Waals surface area contributed by atoms with Crippen LogP contribution in [-0.2, 0) is 0 Å². The monoisotopic (exact) mass is 279 g/mol. The minimum Gasteiger partial charge on any atom is -0.478 e. The summed E-state index contributed by atoms with van der Waals surface area (Å²) in [5, 5.41) is 12.2. The molecule has 0 aliphatic carbocycles. The third-order valence-corrected chi connectivity index (χ3v) is 3.07. The molecule has 0 aliphatic rings. The van der Waals surface area contributed by atoms with E-state index in [0.717, 1.165) is 11.6 Å². The number of aromatic carboxylic acids is 1. The Hall–Kier alpha value is -2.07. The van der Waals surface area contributed by atoms with Crippen molar-refractivity contribution in [3.05, 3.63) is 58.4 Å². The smallest absolute Gasteiger partial charge is 0.335 e. The summed E-state index contributed by atoms with van der Waals surface area (Å²) in [4.78, 5) is 10.8. The van der Waals surface area contributed by atoms with Crippen molar-refractivity contribution in [2.24, 2.45) is 0 Å². The second-order valence-corrected chi connectivity index (χ2v) is 4.50. The van der Waals surface area contributed by atoms with Gasteiger partial charge in [0, 0.05) is 10.7 Å². The first-order chi connectivity index (χ1) is 8.97. The molecule has 0 saturated heterocycles. The van der Waals surface area contributed by atoms with Gasteiger partial charge in [-0.2, -0.15) is 0 Å². The van der Waals surface area contributed by atoms with Crippen molar-refractivity contribution in [1.29, 1.82) is 0 Å². The maximum atomic E-state index is 13.6. The van der Waals surface area contributed by atoms with Crippen LogP contribution in [0.15, 0.2) is 36.4 Å². The summed E-state index contributed by atoms with van der Waals surface area (Å²) in [6.07, 6.45) is 0. The minimum absolute atomic E-state index is 0.0158. The Balaban J connectivity index is 2.34. The third kappa shape index (κ3) is 3.03. The normalized spacial score (nSPS) is 10.3. The van der Waals surface area contributed by atoms with Gasteiger partial charge >= 0.3 is 5.97 Å². The summed E-state index contributed by atoms with van der Waals surface area (Å²) in [6, 6.07) is 8.76. The summed E-state index contributed by atoms with van der Waals surface area (Å²) >= 11 is 5.97. The van der Waals surface area contributed by atoms with Crippen LogP contribution in [0, 0.1) is 12.7 Å². The van der Waals surface area contributed by atoms with Gasteiger partial charge in [-0.25, -0.2) is 9.18 Å². The molecule has 98 valence electrons. The van der Waals surface area contributed by atoms with Gasteiger partial charge in [0.2, 0.25) is 0 Å². The van der Waals surface area contributed by atoms with Gasteiger partial charge in [-0.15, -0.1) is 0 Å². The zero-order chi connectivity index (χ0) is 14.0. The molecule has 2 rings (SSSR count). The second-order valence-electron chi connectivity index (χ2n) is 4.09. The van der Waals surface area contributed by atoms with E-state index in [-0.39, 0.29) is 11.3 Å². The molecule has 0 atom stereocenters. The van der Waals surface area contributed by atoms with E-state index in [9.17, 15) is 9.18 Å². The molecule has 0 saturated carbocycles. The summed E-state index contributed by atoms with van der Waals surface area (Å²) in [6.45, 7) is 1.86. The number of halogens is 2. The van der Waals surface area contributed by atoms with Gasteiger partial charge in [0.05, 0.1) is 11.3 Å². The predicted molar refractivity (Wildman–Crippen MR) is 72.8 cm³/mol. The number of rotatable bonds is 3. The topological polar surface area (TPSA) is 49.3 Å². The Morgan fingerprint density at radius 2 is 2.00 bits per heavy atom. The van der Waals surface area contributed by atoms with Crippen molar-refractivity contribution in [3.8, 4) is 0 Å². The van der Waals surface area contributed by atoms with Crippen LogP contribution in [0.1, 0.15) is 15.9 Å². The lowest BCUT2D eigenvalue weighted by Gasteiger charge is -2.09. The maximum absolute atomic E-state index is 13.6. The van der Waals surface area contributed by atoms with E-state index in [0.29, 0.717) is 10.7 Å². The first-order valence-electron chi connectivity index (χ1n) is 5.53. The predicted octanol–water partition coefficient (Wildman–Crippen LogP) is 4.23. The third-order valence-electron chi connectivity index (χ3n) is 2.66. The highest BCUT2D eigenvalue weighted by Gasteiger charge is 2.09. The molecule has 0 radical (unpaired) electrons. The molecule has 0 amide bonds. The van der Waals surface area contributed by atoms with Gasteiger partial charge in [0.1, 0.15) is 5.82 Å². The lowest BCUT2D eigenvalue weighted by molar-refractivity contribution is 0.0697. The van der Waals surface area contributed by atoms with Gasteiger partial charge in [0.25, 0.3) is 0 Å². The second kappa shape index (κ2) is 5.28. The Kier molecular flexibility index (Phi) is 3.71. The average Bonchev–Trinajstić information content (AvgIpc) is 2.36. The molecule has 0 spiro atoms. The largest absolute Gasteiger partial charge is 0.478 e. The molecule has 2 aromatic carbocycles. The number of benzene rings is 2. The molecule has 3 nitrogen and oxygen atoms in total. The summed E-state index contributed by atoms with van der Waals surface area (Å²) in [7, 11) is 0. The number of carboxylic acids is 1. The molecule has 0 unspecified atom stereocenters. The average molecular weight is 280 g/mol. The summed E-state index contributed by atoms with van der Waals surface area (Å²) in [5.41, 5.74) is 1.62. The van der Waals surface area contributed by atoms with Crippen molar-refractivity contribution >= 4 is 28.9 Å². The number of anilines is 2. The van der Waals surface area contributed by atoms with Gasteiger partial charge in [-0.1, -0.05) is 17.7 Å². The standard InChI is InChI=1S/C14H11ClFNO2/c1-8-2-4-10(7-11(8)15)17-13-6-9(14(18)19)3-5-12(13)16/h2-7,17H,1H3,(H,18,19).